The van der Waals surface area contributed by atoms with Crippen molar-refractivity contribution in [2.45, 2.75) is 13.5 Å². The largest absolute Gasteiger partial charge is 0.497 e. The number of hydrogen-bond donors (Lipinski definition) is 0. The molecule has 2 aromatic heterocycles. The Morgan fingerprint density at radius 3 is 2.73 bits per heavy atom. The molecule has 0 radical (unpaired) electrons. The third-order valence-corrected chi connectivity index (χ3v) is 5.82. The molecule has 0 aliphatic carbocycles. The Morgan fingerprint density at radius 1 is 1.23 bits per heavy atom. The minimum absolute atomic E-state index is 0.0200. The molecule has 1 aliphatic heterocycles. The van der Waals surface area contributed by atoms with E-state index in [1.54, 1.807) is 18.4 Å². The molecular weight excluding hydrogens is 348 g/mol. The van der Waals surface area contributed by atoms with E-state index in [9.17, 15) is 4.79 Å². The lowest BCUT2D eigenvalue weighted by Crippen LogP contribution is -2.48. The van der Waals surface area contributed by atoms with Crippen LogP contribution in [-0.2, 0) is 6.54 Å². The van der Waals surface area contributed by atoms with Crippen molar-refractivity contribution < 1.29 is 13.9 Å². The van der Waals surface area contributed by atoms with Crippen LogP contribution in [0, 0.1) is 6.92 Å². The van der Waals surface area contributed by atoms with Crippen LogP contribution in [0.4, 0.5) is 0 Å². The van der Waals surface area contributed by atoms with Crippen LogP contribution in [0.25, 0.3) is 11.0 Å². The maximum absolute atomic E-state index is 13.0. The normalized spacial score (nSPS) is 15.5. The summed E-state index contributed by atoms with van der Waals surface area (Å²) in [6, 6.07) is 9.87. The highest BCUT2D eigenvalue weighted by molar-refractivity contribution is 7.09. The molecule has 0 bridgehead atoms. The van der Waals surface area contributed by atoms with E-state index in [1.165, 1.54) is 4.88 Å². The number of methoxy groups -OCH3 is 1. The number of carbonyl (C=O) groups excluding carboxylic acids is 1. The number of aryl methyl sites for hydroxylation is 1. The van der Waals surface area contributed by atoms with Gasteiger partial charge in [-0.15, -0.1) is 11.3 Å². The summed E-state index contributed by atoms with van der Waals surface area (Å²) in [6.45, 7) is 6.12. The first-order chi connectivity index (χ1) is 12.7. The van der Waals surface area contributed by atoms with Gasteiger partial charge in [0.2, 0.25) is 0 Å². The van der Waals surface area contributed by atoms with Gasteiger partial charge in [0.15, 0.2) is 5.76 Å². The topological polar surface area (TPSA) is 45.9 Å². The van der Waals surface area contributed by atoms with Crippen LogP contribution >= 0.6 is 11.3 Å². The molecule has 3 heterocycles. The highest BCUT2D eigenvalue weighted by Gasteiger charge is 2.26. The van der Waals surface area contributed by atoms with Gasteiger partial charge in [-0.2, -0.15) is 0 Å². The third kappa shape index (κ3) is 3.22. The van der Waals surface area contributed by atoms with Gasteiger partial charge in [0, 0.05) is 48.6 Å². The fourth-order valence-electron chi connectivity index (χ4n) is 3.41. The highest BCUT2D eigenvalue weighted by atomic mass is 32.1. The summed E-state index contributed by atoms with van der Waals surface area (Å²) in [5.41, 5.74) is 1.60. The van der Waals surface area contributed by atoms with E-state index in [0.29, 0.717) is 5.76 Å². The first kappa shape index (κ1) is 17.1. The number of amides is 1. The molecule has 0 atom stereocenters. The molecule has 1 aliphatic rings. The van der Waals surface area contributed by atoms with Gasteiger partial charge in [0.1, 0.15) is 11.3 Å². The summed E-state index contributed by atoms with van der Waals surface area (Å²) in [5.74, 6) is 1.19. The standard InChI is InChI=1S/C20H22N2O3S/c1-14-17-12-15(24-2)5-6-18(17)25-19(14)20(23)22-9-7-21(8-10-22)13-16-4-3-11-26-16/h3-6,11-12H,7-10,13H2,1-2H3. The number of piperazine rings is 1. The first-order valence-electron chi connectivity index (χ1n) is 8.77. The van der Waals surface area contributed by atoms with E-state index in [1.807, 2.05) is 30.0 Å². The fraction of sp³-hybridized carbons (Fsp3) is 0.350. The second-order valence-electron chi connectivity index (χ2n) is 6.57. The van der Waals surface area contributed by atoms with E-state index in [2.05, 4.69) is 22.4 Å². The average molecular weight is 370 g/mol. The van der Waals surface area contributed by atoms with Crippen molar-refractivity contribution in [3.63, 3.8) is 0 Å². The molecule has 1 fully saturated rings. The van der Waals surface area contributed by atoms with Crippen molar-refractivity contribution in [2.24, 2.45) is 0 Å². The van der Waals surface area contributed by atoms with Crippen molar-refractivity contribution in [1.82, 2.24) is 9.80 Å². The van der Waals surface area contributed by atoms with Gasteiger partial charge in [-0.1, -0.05) is 6.07 Å². The number of furan rings is 1. The lowest BCUT2D eigenvalue weighted by atomic mass is 10.1. The summed E-state index contributed by atoms with van der Waals surface area (Å²) in [7, 11) is 1.64. The summed E-state index contributed by atoms with van der Waals surface area (Å²) >= 11 is 1.78. The molecule has 1 saturated heterocycles. The number of carbonyl (C=O) groups is 1. The smallest absolute Gasteiger partial charge is 0.289 e. The van der Waals surface area contributed by atoms with Crippen LogP contribution in [0.2, 0.25) is 0 Å². The van der Waals surface area contributed by atoms with E-state index < -0.39 is 0 Å². The SMILES string of the molecule is COc1ccc2oc(C(=O)N3CCN(Cc4cccs4)CC3)c(C)c2c1. The van der Waals surface area contributed by atoms with Gasteiger partial charge in [-0.25, -0.2) is 0 Å². The molecule has 136 valence electrons. The van der Waals surface area contributed by atoms with E-state index in [-0.39, 0.29) is 5.91 Å². The van der Waals surface area contributed by atoms with Crippen LogP contribution in [0.5, 0.6) is 5.75 Å². The molecule has 0 spiro atoms. The first-order valence-corrected chi connectivity index (χ1v) is 9.65. The van der Waals surface area contributed by atoms with Crippen LogP contribution in [0.1, 0.15) is 21.0 Å². The second-order valence-corrected chi connectivity index (χ2v) is 7.60. The third-order valence-electron chi connectivity index (χ3n) is 4.96. The second kappa shape index (κ2) is 7.13. The lowest BCUT2D eigenvalue weighted by Gasteiger charge is -2.34. The Kier molecular flexibility index (Phi) is 4.70. The Morgan fingerprint density at radius 2 is 2.04 bits per heavy atom. The van der Waals surface area contributed by atoms with Gasteiger partial charge in [-0.3, -0.25) is 9.69 Å². The minimum Gasteiger partial charge on any atom is -0.497 e. The Balaban J connectivity index is 1.46. The van der Waals surface area contributed by atoms with Crippen LogP contribution in [0.15, 0.2) is 40.1 Å². The zero-order valence-corrected chi connectivity index (χ0v) is 15.8. The number of rotatable bonds is 4. The molecule has 1 amide bonds. The summed E-state index contributed by atoms with van der Waals surface area (Å²) in [5, 5.41) is 3.04. The Labute approximate surface area is 156 Å². The number of thiophene rings is 1. The zero-order chi connectivity index (χ0) is 18.1. The van der Waals surface area contributed by atoms with E-state index in [4.69, 9.17) is 9.15 Å². The maximum Gasteiger partial charge on any atom is 0.289 e. The van der Waals surface area contributed by atoms with Crippen LogP contribution < -0.4 is 4.74 Å². The minimum atomic E-state index is -0.0200. The molecule has 26 heavy (non-hydrogen) atoms. The van der Waals surface area contributed by atoms with Gasteiger partial charge < -0.3 is 14.1 Å². The number of benzene rings is 1. The molecule has 0 saturated carbocycles. The van der Waals surface area contributed by atoms with Crippen molar-refractivity contribution >= 4 is 28.2 Å². The number of nitrogens with zero attached hydrogens (tertiary/aromatic N) is 2. The number of ether oxygens (including phenoxy) is 1. The average Bonchev–Trinajstić information content (AvgIpc) is 3.29. The highest BCUT2D eigenvalue weighted by Crippen LogP contribution is 2.29. The lowest BCUT2D eigenvalue weighted by molar-refractivity contribution is 0.0600. The van der Waals surface area contributed by atoms with E-state index in [0.717, 1.165) is 55.0 Å². The monoisotopic (exact) mass is 370 g/mol. The molecule has 1 aromatic carbocycles. The van der Waals surface area contributed by atoms with Crippen molar-refractivity contribution in [2.75, 3.05) is 33.3 Å². The molecule has 0 unspecified atom stereocenters. The Bertz CT molecular complexity index is 909. The van der Waals surface area contributed by atoms with Gasteiger partial charge in [-0.05, 0) is 36.6 Å². The maximum atomic E-state index is 13.0. The fourth-order valence-corrected chi connectivity index (χ4v) is 4.15. The van der Waals surface area contributed by atoms with Gasteiger partial charge in [0.25, 0.3) is 5.91 Å². The van der Waals surface area contributed by atoms with Gasteiger partial charge >= 0.3 is 0 Å². The van der Waals surface area contributed by atoms with Gasteiger partial charge in [0.05, 0.1) is 7.11 Å². The number of fused-ring (bicyclic) bond motifs is 1. The Hall–Kier alpha value is -2.31. The van der Waals surface area contributed by atoms with Crippen LogP contribution in [0.3, 0.4) is 0 Å². The zero-order valence-electron chi connectivity index (χ0n) is 15.0. The summed E-state index contributed by atoms with van der Waals surface area (Å²) in [4.78, 5) is 18.6. The van der Waals surface area contributed by atoms with E-state index >= 15 is 0 Å². The predicted octanol–water partition coefficient (Wildman–Crippen LogP) is 3.77. The summed E-state index contributed by atoms with van der Waals surface area (Å²) < 4.78 is 11.1. The molecule has 5 nitrogen and oxygen atoms in total. The molecular formula is C20H22N2O3S. The predicted molar refractivity (Wildman–Crippen MR) is 103 cm³/mol. The molecule has 3 aromatic rings. The van der Waals surface area contributed by atoms with Crippen LogP contribution in [-0.4, -0.2) is 49.0 Å². The molecule has 0 N–H and O–H groups in total. The summed E-state index contributed by atoms with van der Waals surface area (Å²) in [6.07, 6.45) is 0. The van der Waals surface area contributed by atoms with Crippen molar-refractivity contribution in [3.8, 4) is 5.75 Å². The van der Waals surface area contributed by atoms with Crippen molar-refractivity contribution in [3.05, 3.63) is 51.9 Å². The van der Waals surface area contributed by atoms with Crippen molar-refractivity contribution in [1.29, 1.82) is 0 Å². The quantitative estimate of drug-likeness (QED) is 0.701. The molecule has 4 rings (SSSR count). The number of hydrogen-bond acceptors (Lipinski definition) is 5. The molecule has 6 heteroatoms.